The summed E-state index contributed by atoms with van der Waals surface area (Å²) in [5, 5.41) is 13.3. The Morgan fingerprint density at radius 2 is 2.20 bits per heavy atom. The fourth-order valence-electron chi connectivity index (χ4n) is 2.48. The van der Waals surface area contributed by atoms with Crippen LogP contribution < -0.4 is 5.32 Å². The van der Waals surface area contributed by atoms with Crippen molar-refractivity contribution in [1.82, 2.24) is 19.7 Å². The summed E-state index contributed by atoms with van der Waals surface area (Å²) in [6.45, 7) is 3.28. The summed E-state index contributed by atoms with van der Waals surface area (Å²) in [6, 6.07) is 9.70. The standard InChI is InChI=1S/C18H21N5OS/c1-13-7-8-25-16(13)10-19-15-6-4-5-14(9-15)18(24)22(2)11-17-21-20-12-23(17)3/h4-9,12,19H,10-11H2,1-3H3. The third kappa shape index (κ3) is 4.06. The van der Waals surface area contributed by atoms with Crippen molar-refractivity contribution in [3.8, 4) is 0 Å². The first-order valence-electron chi connectivity index (χ1n) is 8.00. The van der Waals surface area contributed by atoms with Crippen LogP contribution in [0.4, 0.5) is 5.69 Å². The molecule has 0 saturated heterocycles. The zero-order chi connectivity index (χ0) is 17.8. The molecule has 3 rings (SSSR count). The Balaban J connectivity index is 1.66. The molecule has 25 heavy (non-hydrogen) atoms. The van der Waals surface area contributed by atoms with E-state index in [0.717, 1.165) is 18.1 Å². The van der Waals surface area contributed by atoms with Gasteiger partial charge in [-0.3, -0.25) is 4.79 Å². The Kier molecular flexibility index (Phi) is 5.14. The number of rotatable bonds is 6. The number of carbonyl (C=O) groups is 1. The highest BCUT2D eigenvalue weighted by Crippen LogP contribution is 2.19. The molecule has 7 heteroatoms. The molecule has 1 aromatic carbocycles. The van der Waals surface area contributed by atoms with Crippen LogP contribution in [0.25, 0.3) is 0 Å². The number of nitrogens with one attached hydrogen (secondary N) is 1. The average molecular weight is 355 g/mol. The summed E-state index contributed by atoms with van der Waals surface area (Å²) in [6.07, 6.45) is 1.63. The molecule has 0 spiro atoms. The second kappa shape index (κ2) is 7.48. The van der Waals surface area contributed by atoms with Gasteiger partial charge in [0.25, 0.3) is 5.91 Å². The Morgan fingerprint density at radius 1 is 1.36 bits per heavy atom. The van der Waals surface area contributed by atoms with Gasteiger partial charge < -0.3 is 14.8 Å². The van der Waals surface area contributed by atoms with E-state index in [1.54, 1.807) is 29.6 Å². The Labute approximate surface area is 151 Å². The molecule has 0 aliphatic carbocycles. The van der Waals surface area contributed by atoms with Crippen molar-refractivity contribution in [1.29, 1.82) is 0 Å². The predicted octanol–water partition coefficient (Wildman–Crippen LogP) is 3.07. The maximum absolute atomic E-state index is 12.7. The van der Waals surface area contributed by atoms with Gasteiger partial charge in [0.2, 0.25) is 0 Å². The van der Waals surface area contributed by atoms with Gasteiger partial charge in [0, 0.05) is 36.8 Å². The number of aromatic nitrogens is 3. The van der Waals surface area contributed by atoms with Crippen molar-refractivity contribution in [2.45, 2.75) is 20.0 Å². The Bertz CT molecular complexity index is 870. The van der Waals surface area contributed by atoms with E-state index in [0.29, 0.717) is 12.1 Å². The van der Waals surface area contributed by atoms with E-state index in [2.05, 4.69) is 33.9 Å². The highest BCUT2D eigenvalue weighted by atomic mass is 32.1. The van der Waals surface area contributed by atoms with E-state index in [4.69, 9.17) is 0 Å². The summed E-state index contributed by atoms with van der Waals surface area (Å²) in [7, 11) is 3.64. The van der Waals surface area contributed by atoms with E-state index in [1.165, 1.54) is 10.4 Å². The van der Waals surface area contributed by atoms with Crippen molar-refractivity contribution >= 4 is 22.9 Å². The molecule has 0 fully saturated rings. The van der Waals surface area contributed by atoms with E-state index < -0.39 is 0 Å². The topological polar surface area (TPSA) is 63.1 Å². The lowest BCUT2D eigenvalue weighted by atomic mass is 10.1. The monoisotopic (exact) mass is 355 g/mol. The molecule has 0 saturated carbocycles. The number of carbonyl (C=O) groups excluding carboxylic acids is 1. The minimum absolute atomic E-state index is 0.0426. The highest BCUT2D eigenvalue weighted by molar-refractivity contribution is 7.10. The predicted molar refractivity (Wildman–Crippen MR) is 99.6 cm³/mol. The molecule has 2 heterocycles. The van der Waals surface area contributed by atoms with Gasteiger partial charge >= 0.3 is 0 Å². The molecule has 0 unspecified atom stereocenters. The fraction of sp³-hybridized carbons (Fsp3) is 0.278. The number of anilines is 1. The van der Waals surface area contributed by atoms with Gasteiger partial charge in [-0.1, -0.05) is 6.07 Å². The lowest BCUT2D eigenvalue weighted by Gasteiger charge is -2.17. The van der Waals surface area contributed by atoms with Gasteiger partial charge in [-0.05, 0) is 42.1 Å². The molecule has 2 aromatic heterocycles. The van der Waals surface area contributed by atoms with Gasteiger partial charge in [0.05, 0.1) is 6.54 Å². The summed E-state index contributed by atoms with van der Waals surface area (Å²) in [5.74, 6) is 0.706. The third-order valence-corrected chi connectivity index (χ3v) is 5.08. The number of aryl methyl sites for hydroxylation is 2. The van der Waals surface area contributed by atoms with Gasteiger partial charge in [0.15, 0.2) is 5.82 Å². The molecule has 130 valence electrons. The average Bonchev–Trinajstić information content (AvgIpc) is 3.21. The second-order valence-electron chi connectivity index (χ2n) is 5.98. The fourth-order valence-corrected chi connectivity index (χ4v) is 3.33. The van der Waals surface area contributed by atoms with Crippen LogP contribution in [0.1, 0.15) is 26.6 Å². The molecule has 3 aromatic rings. The number of amides is 1. The van der Waals surface area contributed by atoms with Crippen molar-refractivity contribution in [3.05, 3.63) is 63.9 Å². The number of nitrogens with zero attached hydrogens (tertiary/aromatic N) is 4. The first kappa shape index (κ1) is 17.2. The van der Waals surface area contributed by atoms with Crippen LogP contribution in [-0.4, -0.2) is 32.6 Å². The molecule has 0 aliphatic heterocycles. The van der Waals surface area contributed by atoms with Crippen molar-refractivity contribution in [2.75, 3.05) is 12.4 Å². The smallest absolute Gasteiger partial charge is 0.254 e. The largest absolute Gasteiger partial charge is 0.380 e. The van der Waals surface area contributed by atoms with Crippen LogP contribution in [0, 0.1) is 6.92 Å². The number of thiophene rings is 1. The maximum Gasteiger partial charge on any atom is 0.254 e. The molecule has 0 radical (unpaired) electrons. The molecule has 0 atom stereocenters. The van der Waals surface area contributed by atoms with Crippen LogP contribution in [-0.2, 0) is 20.1 Å². The van der Waals surface area contributed by atoms with Crippen molar-refractivity contribution in [3.63, 3.8) is 0 Å². The normalized spacial score (nSPS) is 10.7. The van der Waals surface area contributed by atoms with Crippen molar-refractivity contribution < 1.29 is 4.79 Å². The first-order valence-corrected chi connectivity index (χ1v) is 8.88. The minimum Gasteiger partial charge on any atom is -0.380 e. The summed E-state index contributed by atoms with van der Waals surface area (Å²) >= 11 is 1.73. The van der Waals surface area contributed by atoms with Crippen LogP contribution in [0.15, 0.2) is 42.0 Å². The summed E-state index contributed by atoms with van der Waals surface area (Å²) < 4.78 is 1.81. The number of benzene rings is 1. The van der Waals surface area contributed by atoms with Gasteiger partial charge in [0.1, 0.15) is 6.33 Å². The van der Waals surface area contributed by atoms with Crippen LogP contribution in [0.3, 0.4) is 0 Å². The maximum atomic E-state index is 12.7. The van der Waals surface area contributed by atoms with Gasteiger partial charge in [-0.15, -0.1) is 21.5 Å². The first-order chi connectivity index (χ1) is 12.0. The molecular weight excluding hydrogens is 334 g/mol. The summed E-state index contributed by atoms with van der Waals surface area (Å²) in [4.78, 5) is 15.6. The Hall–Kier alpha value is -2.67. The number of hydrogen-bond acceptors (Lipinski definition) is 5. The summed E-state index contributed by atoms with van der Waals surface area (Å²) in [5.41, 5.74) is 2.87. The molecule has 0 bridgehead atoms. The molecule has 1 N–H and O–H groups in total. The van der Waals surface area contributed by atoms with Crippen LogP contribution in [0.2, 0.25) is 0 Å². The lowest BCUT2D eigenvalue weighted by Crippen LogP contribution is -2.27. The molecule has 0 aliphatic rings. The lowest BCUT2D eigenvalue weighted by molar-refractivity contribution is 0.0780. The zero-order valence-corrected chi connectivity index (χ0v) is 15.4. The molecule has 6 nitrogen and oxygen atoms in total. The van der Waals surface area contributed by atoms with E-state index in [1.807, 2.05) is 35.9 Å². The van der Waals surface area contributed by atoms with Crippen LogP contribution in [0.5, 0.6) is 0 Å². The highest BCUT2D eigenvalue weighted by Gasteiger charge is 2.14. The third-order valence-electron chi connectivity index (χ3n) is 4.06. The minimum atomic E-state index is -0.0426. The van der Waals surface area contributed by atoms with E-state index >= 15 is 0 Å². The SMILES string of the molecule is Cc1ccsc1CNc1cccc(C(=O)N(C)Cc2nncn2C)c1. The number of hydrogen-bond donors (Lipinski definition) is 1. The Morgan fingerprint density at radius 3 is 2.88 bits per heavy atom. The quantitative estimate of drug-likeness (QED) is 0.738. The molecular formula is C18H21N5OS. The zero-order valence-electron chi connectivity index (χ0n) is 14.6. The second-order valence-corrected chi connectivity index (χ2v) is 6.98. The van der Waals surface area contributed by atoms with E-state index in [-0.39, 0.29) is 5.91 Å². The van der Waals surface area contributed by atoms with Crippen molar-refractivity contribution in [2.24, 2.45) is 7.05 Å². The van der Waals surface area contributed by atoms with Crippen LogP contribution >= 0.6 is 11.3 Å². The van der Waals surface area contributed by atoms with Gasteiger partial charge in [-0.2, -0.15) is 0 Å². The van der Waals surface area contributed by atoms with Gasteiger partial charge in [-0.25, -0.2) is 0 Å². The molecule has 1 amide bonds. The van der Waals surface area contributed by atoms with E-state index in [9.17, 15) is 4.79 Å².